The van der Waals surface area contributed by atoms with E-state index < -0.39 is 5.92 Å². The second kappa shape index (κ2) is 2.47. The zero-order valence-corrected chi connectivity index (χ0v) is 6.37. The van der Waals surface area contributed by atoms with E-state index >= 15 is 0 Å². The topological polar surface area (TPSA) is 25.8 Å². The van der Waals surface area contributed by atoms with Gasteiger partial charge in [0.2, 0.25) is 5.92 Å². The summed E-state index contributed by atoms with van der Waals surface area (Å²) in [6.45, 7) is 0. The van der Waals surface area contributed by atoms with E-state index in [1.807, 2.05) is 0 Å². The van der Waals surface area contributed by atoms with Crippen LogP contribution in [-0.2, 0) is 0 Å². The smallest absolute Gasteiger partial charge is 0.245 e. The molecule has 2 nitrogen and oxygen atoms in total. The van der Waals surface area contributed by atoms with Crippen molar-refractivity contribution in [1.82, 2.24) is 9.97 Å². The van der Waals surface area contributed by atoms with Crippen LogP contribution >= 0.6 is 0 Å². The molecule has 0 amide bonds. The van der Waals surface area contributed by atoms with Crippen molar-refractivity contribution in [2.45, 2.75) is 24.7 Å². The van der Waals surface area contributed by atoms with Crippen molar-refractivity contribution in [3.63, 3.8) is 0 Å². The Hall–Kier alpha value is -1.06. The number of aromatic nitrogens is 2. The van der Waals surface area contributed by atoms with Gasteiger partial charge in [0.1, 0.15) is 6.33 Å². The zero-order valence-electron chi connectivity index (χ0n) is 6.37. The van der Waals surface area contributed by atoms with Crippen LogP contribution < -0.4 is 0 Å². The molecular formula is C8H8F2N2. The summed E-state index contributed by atoms with van der Waals surface area (Å²) in [5.74, 6) is -2.50. The number of alkyl halides is 2. The van der Waals surface area contributed by atoms with Crippen LogP contribution in [0.5, 0.6) is 0 Å². The third kappa shape index (κ3) is 1.29. The molecule has 0 radical (unpaired) electrons. The number of hydrogen-bond acceptors (Lipinski definition) is 2. The van der Waals surface area contributed by atoms with Crippen LogP contribution in [0, 0.1) is 0 Å². The van der Waals surface area contributed by atoms with Gasteiger partial charge in [-0.2, -0.15) is 0 Å². The van der Waals surface area contributed by atoms with E-state index in [9.17, 15) is 8.78 Å². The average molecular weight is 170 g/mol. The van der Waals surface area contributed by atoms with E-state index in [0.717, 1.165) is 5.56 Å². The van der Waals surface area contributed by atoms with Crippen molar-refractivity contribution in [2.75, 3.05) is 0 Å². The summed E-state index contributed by atoms with van der Waals surface area (Å²) in [4.78, 5) is 7.56. The summed E-state index contributed by atoms with van der Waals surface area (Å²) in [5.41, 5.74) is 0.823. The Morgan fingerprint density at radius 2 is 1.83 bits per heavy atom. The van der Waals surface area contributed by atoms with E-state index in [-0.39, 0.29) is 18.8 Å². The largest absolute Gasteiger partial charge is 0.249 e. The van der Waals surface area contributed by atoms with Crippen LogP contribution in [-0.4, -0.2) is 15.9 Å². The Kier molecular flexibility index (Phi) is 1.56. The van der Waals surface area contributed by atoms with E-state index in [4.69, 9.17) is 0 Å². The lowest BCUT2D eigenvalue weighted by Gasteiger charge is -2.34. The van der Waals surface area contributed by atoms with Crippen molar-refractivity contribution in [3.05, 3.63) is 24.3 Å². The van der Waals surface area contributed by atoms with Gasteiger partial charge < -0.3 is 0 Å². The first-order valence-corrected chi connectivity index (χ1v) is 3.80. The first kappa shape index (κ1) is 7.58. The van der Waals surface area contributed by atoms with Crippen molar-refractivity contribution >= 4 is 0 Å². The highest BCUT2D eigenvalue weighted by Gasteiger charge is 2.45. The lowest BCUT2D eigenvalue weighted by Crippen LogP contribution is -2.33. The predicted molar refractivity (Wildman–Crippen MR) is 39.0 cm³/mol. The molecule has 64 valence electrons. The van der Waals surface area contributed by atoms with Gasteiger partial charge in [-0.3, -0.25) is 0 Å². The molecule has 0 atom stereocenters. The number of rotatable bonds is 1. The Morgan fingerprint density at radius 1 is 1.25 bits per heavy atom. The van der Waals surface area contributed by atoms with Gasteiger partial charge in [-0.1, -0.05) is 0 Å². The average Bonchev–Trinajstić information content (AvgIpc) is 2.02. The summed E-state index contributed by atoms with van der Waals surface area (Å²) in [5, 5.41) is 0. The Bertz CT molecular complexity index is 266. The summed E-state index contributed by atoms with van der Waals surface area (Å²) < 4.78 is 24.9. The van der Waals surface area contributed by atoms with Gasteiger partial charge in [-0.25, -0.2) is 18.7 Å². The van der Waals surface area contributed by atoms with Gasteiger partial charge in [-0.15, -0.1) is 0 Å². The van der Waals surface area contributed by atoms with Gasteiger partial charge in [-0.05, 0) is 11.5 Å². The lowest BCUT2D eigenvalue weighted by molar-refractivity contribution is -0.0868. The number of hydrogen-bond donors (Lipinski definition) is 0. The maximum absolute atomic E-state index is 12.4. The monoisotopic (exact) mass is 170 g/mol. The van der Waals surface area contributed by atoms with Crippen LogP contribution in [0.2, 0.25) is 0 Å². The molecule has 1 aromatic heterocycles. The minimum atomic E-state index is -2.46. The molecule has 1 saturated carbocycles. The van der Waals surface area contributed by atoms with Gasteiger partial charge in [0.05, 0.1) is 0 Å². The van der Waals surface area contributed by atoms with Crippen molar-refractivity contribution < 1.29 is 8.78 Å². The SMILES string of the molecule is FC1(F)CC(c2cncnc2)C1. The summed E-state index contributed by atoms with van der Waals surface area (Å²) in [7, 11) is 0. The van der Waals surface area contributed by atoms with Gasteiger partial charge in [0.25, 0.3) is 0 Å². The van der Waals surface area contributed by atoms with E-state index in [2.05, 4.69) is 9.97 Å². The highest BCUT2D eigenvalue weighted by molar-refractivity contribution is 5.16. The van der Waals surface area contributed by atoms with E-state index in [1.54, 1.807) is 12.4 Å². The summed E-state index contributed by atoms with van der Waals surface area (Å²) in [6.07, 6.45) is 4.50. The zero-order chi connectivity index (χ0) is 8.60. The molecule has 1 fully saturated rings. The maximum atomic E-state index is 12.4. The summed E-state index contributed by atoms with van der Waals surface area (Å²) >= 11 is 0. The third-order valence-corrected chi connectivity index (χ3v) is 2.14. The predicted octanol–water partition coefficient (Wildman–Crippen LogP) is 1.99. The van der Waals surface area contributed by atoms with Crippen LogP contribution in [0.1, 0.15) is 24.3 Å². The molecule has 0 aromatic carbocycles. The van der Waals surface area contributed by atoms with E-state index in [0.29, 0.717) is 0 Å². The fourth-order valence-electron chi connectivity index (χ4n) is 1.42. The third-order valence-electron chi connectivity index (χ3n) is 2.14. The maximum Gasteiger partial charge on any atom is 0.249 e. The quantitative estimate of drug-likeness (QED) is 0.644. The van der Waals surface area contributed by atoms with Crippen LogP contribution in [0.3, 0.4) is 0 Å². The second-order valence-electron chi connectivity index (χ2n) is 3.13. The van der Waals surface area contributed by atoms with Crippen molar-refractivity contribution in [3.8, 4) is 0 Å². The highest BCUT2D eigenvalue weighted by atomic mass is 19.3. The minimum absolute atomic E-state index is 0.0406. The molecule has 1 aromatic rings. The molecule has 2 rings (SSSR count). The minimum Gasteiger partial charge on any atom is -0.245 e. The first-order chi connectivity index (χ1) is 5.67. The molecule has 0 saturated heterocycles. The lowest BCUT2D eigenvalue weighted by atomic mass is 9.78. The van der Waals surface area contributed by atoms with Crippen LogP contribution in [0.15, 0.2) is 18.7 Å². The molecular weight excluding hydrogens is 162 g/mol. The highest BCUT2D eigenvalue weighted by Crippen LogP contribution is 2.47. The van der Waals surface area contributed by atoms with Gasteiger partial charge >= 0.3 is 0 Å². The molecule has 1 heterocycles. The van der Waals surface area contributed by atoms with Crippen LogP contribution in [0.4, 0.5) is 8.78 Å². The van der Waals surface area contributed by atoms with Crippen molar-refractivity contribution in [2.24, 2.45) is 0 Å². The van der Waals surface area contributed by atoms with Crippen LogP contribution in [0.25, 0.3) is 0 Å². The normalized spacial score (nSPS) is 21.8. The van der Waals surface area contributed by atoms with Gasteiger partial charge in [0.15, 0.2) is 0 Å². The number of nitrogens with zero attached hydrogens (tertiary/aromatic N) is 2. The first-order valence-electron chi connectivity index (χ1n) is 3.80. The molecule has 4 heteroatoms. The standard InChI is InChI=1S/C8H8F2N2/c9-8(10)1-6(2-8)7-3-11-5-12-4-7/h3-6H,1-2H2. The summed E-state index contributed by atoms with van der Waals surface area (Å²) in [6, 6.07) is 0. The molecule has 0 aliphatic heterocycles. The molecule has 1 aliphatic carbocycles. The fraction of sp³-hybridized carbons (Fsp3) is 0.500. The molecule has 1 aliphatic rings. The van der Waals surface area contributed by atoms with Crippen molar-refractivity contribution in [1.29, 1.82) is 0 Å². The molecule has 12 heavy (non-hydrogen) atoms. The fourth-order valence-corrected chi connectivity index (χ4v) is 1.42. The molecule has 0 spiro atoms. The second-order valence-corrected chi connectivity index (χ2v) is 3.13. The molecule has 0 bridgehead atoms. The van der Waals surface area contributed by atoms with Gasteiger partial charge in [0, 0.05) is 25.2 Å². The molecule has 0 unspecified atom stereocenters. The van der Waals surface area contributed by atoms with E-state index in [1.165, 1.54) is 6.33 Å². The Morgan fingerprint density at radius 3 is 2.33 bits per heavy atom. The molecule has 0 N–H and O–H groups in total. The number of halogens is 2. The Labute approximate surface area is 68.7 Å². The Balaban J connectivity index is 2.06.